The van der Waals surface area contributed by atoms with Gasteiger partial charge in [0.25, 0.3) is 0 Å². The van der Waals surface area contributed by atoms with Crippen molar-refractivity contribution in [3.8, 4) is 17.2 Å². The summed E-state index contributed by atoms with van der Waals surface area (Å²) < 4.78 is 0. The number of rotatable bonds is 5. The minimum absolute atomic E-state index is 0.0915. The summed E-state index contributed by atoms with van der Waals surface area (Å²) >= 11 is 0. The number of hydrogen-bond donors (Lipinski definition) is 0. The molecule has 102 valence electrons. The van der Waals surface area contributed by atoms with Crippen molar-refractivity contribution >= 4 is 5.69 Å². The van der Waals surface area contributed by atoms with E-state index in [1.165, 1.54) is 11.1 Å². The van der Waals surface area contributed by atoms with Crippen molar-refractivity contribution in [2.24, 2.45) is 5.92 Å². The zero-order valence-electron chi connectivity index (χ0n) is 12.1. The second-order valence-corrected chi connectivity index (χ2v) is 5.03. The number of anilines is 1. The highest BCUT2D eigenvalue weighted by molar-refractivity contribution is 5.66. The molecule has 0 bridgehead atoms. The topological polar surface area (TPSA) is 27.0 Å². The molecule has 2 heteroatoms. The summed E-state index contributed by atoms with van der Waals surface area (Å²) in [5.41, 5.74) is 3.60. The minimum Gasteiger partial charge on any atom is -0.373 e. The van der Waals surface area contributed by atoms with Crippen LogP contribution in [0.25, 0.3) is 11.1 Å². The van der Waals surface area contributed by atoms with Gasteiger partial charge < -0.3 is 4.90 Å². The third kappa shape index (κ3) is 3.39. The Labute approximate surface area is 121 Å². The molecule has 2 rings (SSSR count). The molecule has 0 aliphatic rings. The SMILES string of the molecule is CCC(C#N)CN(C)c1ccc(-c2ccccc2)cc1. The van der Waals surface area contributed by atoms with Crippen molar-refractivity contribution in [3.05, 3.63) is 54.6 Å². The Morgan fingerprint density at radius 1 is 1.00 bits per heavy atom. The van der Waals surface area contributed by atoms with Crippen molar-refractivity contribution in [2.45, 2.75) is 13.3 Å². The van der Waals surface area contributed by atoms with Crippen molar-refractivity contribution < 1.29 is 0 Å². The summed E-state index contributed by atoms with van der Waals surface area (Å²) in [4.78, 5) is 2.14. The van der Waals surface area contributed by atoms with E-state index in [2.05, 4.69) is 54.3 Å². The van der Waals surface area contributed by atoms with Crippen LogP contribution in [-0.4, -0.2) is 13.6 Å². The van der Waals surface area contributed by atoms with Gasteiger partial charge in [0.15, 0.2) is 0 Å². The van der Waals surface area contributed by atoms with E-state index in [-0.39, 0.29) is 5.92 Å². The predicted molar refractivity (Wildman–Crippen MR) is 84.5 cm³/mol. The minimum atomic E-state index is 0.0915. The van der Waals surface area contributed by atoms with Gasteiger partial charge in [0.2, 0.25) is 0 Å². The molecule has 2 aromatic rings. The van der Waals surface area contributed by atoms with E-state index in [0.29, 0.717) is 0 Å². The molecule has 2 aromatic carbocycles. The van der Waals surface area contributed by atoms with Crippen LogP contribution in [0.15, 0.2) is 54.6 Å². The quantitative estimate of drug-likeness (QED) is 0.803. The highest BCUT2D eigenvalue weighted by Gasteiger charge is 2.09. The average Bonchev–Trinajstić information content (AvgIpc) is 2.53. The van der Waals surface area contributed by atoms with E-state index in [1.807, 2.05) is 25.2 Å². The van der Waals surface area contributed by atoms with Crippen molar-refractivity contribution in [1.29, 1.82) is 5.26 Å². The van der Waals surface area contributed by atoms with E-state index in [4.69, 9.17) is 5.26 Å². The van der Waals surface area contributed by atoms with Crippen LogP contribution >= 0.6 is 0 Å². The van der Waals surface area contributed by atoms with Gasteiger partial charge in [-0.05, 0) is 29.7 Å². The van der Waals surface area contributed by atoms with Crippen LogP contribution < -0.4 is 4.90 Å². The standard InChI is InChI=1S/C18H20N2/c1-3-15(13-19)14-20(2)18-11-9-17(10-12-18)16-7-5-4-6-8-16/h4-12,15H,3,14H2,1-2H3. The largest absolute Gasteiger partial charge is 0.373 e. The van der Waals surface area contributed by atoms with Gasteiger partial charge >= 0.3 is 0 Å². The second-order valence-electron chi connectivity index (χ2n) is 5.03. The van der Waals surface area contributed by atoms with E-state index < -0.39 is 0 Å². The molecule has 2 nitrogen and oxygen atoms in total. The summed E-state index contributed by atoms with van der Waals surface area (Å²) in [6, 6.07) is 21.2. The van der Waals surface area contributed by atoms with Crippen LogP contribution in [0, 0.1) is 17.2 Å². The maximum absolute atomic E-state index is 9.04. The maximum atomic E-state index is 9.04. The molecule has 0 N–H and O–H groups in total. The molecule has 1 atom stereocenters. The van der Waals surface area contributed by atoms with Crippen molar-refractivity contribution in [2.75, 3.05) is 18.5 Å². The normalized spacial score (nSPS) is 11.7. The van der Waals surface area contributed by atoms with Gasteiger partial charge in [-0.1, -0.05) is 49.4 Å². The average molecular weight is 264 g/mol. The van der Waals surface area contributed by atoms with Gasteiger partial charge in [-0.2, -0.15) is 5.26 Å². The highest BCUT2D eigenvalue weighted by Crippen LogP contribution is 2.23. The molecule has 0 saturated heterocycles. The van der Waals surface area contributed by atoms with Crippen LogP contribution in [0.4, 0.5) is 5.69 Å². The number of nitrogens with zero attached hydrogens (tertiary/aromatic N) is 2. The molecule has 0 aliphatic heterocycles. The van der Waals surface area contributed by atoms with Crippen LogP contribution in [0.5, 0.6) is 0 Å². The van der Waals surface area contributed by atoms with Crippen molar-refractivity contribution in [3.63, 3.8) is 0 Å². The van der Waals surface area contributed by atoms with E-state index in [0.717, 1.165) is 18.7 Å². The zero-order chi connectivity index (χ0) is 14.4. The first-order valence-electron chi connectivity index (χ1n) is 7.00. The Balaban J connectivity index is 2.10. The second kappa shape index (κ2) is 6.77. The summed E-state index contributed by atoms with van der Waals surface area (Å²) in [7, 11) is 2.04. The van der Waals surface area contributed by atoms with Gasteiger partial charge in [0.05, 0.1) is 12.0 Å². The first-order valence-corrected chi connectivity index (χ1v) is 7.00. The Morgan fingerprint density at radius 3 is 2.15 bits per heavy atom. The fraction of sp³-hybridized carbons (Fsp3) is 0.278. The zero-order valence-corrected chi connectivity index (χ0v) is 12.1. The van der Waals surface area contributed by atoms with Crippen LogP contribution in [0.2, 0.25) is 0 Å². The fourth-order valence-corrected chi connectivity index (χ4v) is 2.24. The predicted octanol–water partition coefficient (Wildman–Crippen LogP) is 4.34. The molecular formula is C18H20N2. The molecule has 0 aromatic heterocycles. The Bertz CT molecular complexity index is 567. The molecule has 0 saturated carbocycles. The van der Waals surface area contributed by atoms with Gasteiger partial charge in [-0.15, -0.1) is 0 Å². The van der Waals surface area contributed by atoms with E-state index >= 15 is 0 Å². The molecule has 0 spiro atoms. The molecule has 0 aliphatic carbocycles. The monoisotopic (exact) mass is 264 g/mol. The van der Waals surface area contributed by atoms with Crippen LogP contribution in [0.1, 0.15) is 13.3 Å². The Kier molecular flexibility index (Phi) is 4.79. The first kappa shape index (κ1) is 14.1. The van der Waals surface area contributed by atoms with Gasteiger partial charge in [-0.25, -0.2) is 0 Å². The number of benzene rings is 2. The Morgan fingerprint density at radius 2 is 1.60 bits per heavy atom. The third-order valence-corrected chi connectivity index (χ3v) is 3.58. The molecule has 0 amide bonds. The fourth-order valence-electron chi connectivity index (χ4n) is 2.24. The summed E-state index contributed by atoms with van der Waals surface area (Å²) in [6.07, 6.45) is 0.892. The Hall–Kier alpha value is -2.27. The van der Waals surface area contributed by atoms with E-state index in [1.54, 1.807) is 0 Å². The molecule has 0 fully saturated rings. The van der Waals surface area contributed by atoms with Gasteiger partial charge in [-0.3, -0.25) is 0 Å². The molecule has 1 unspecified atom stereocenters. The highest BCUT2D eigenvalue weighted by atomic mass is 15.1. The lowest BCUT2D eigenvalue weighted by Crippen LogP contribution is -2.24. The lowest BCUT2D eigenvalue weighted by Gasteiger charge is -2.21. The first-order chi connectivity index (χ1) is 9.74. The summed E-state index contributed by atoms with van der Waals surface area (Å²) in [6.45, 7) is 2.83. The molecule has 20 heavy (non-hydrogen) atoms. The molecular weight excluding hydrogens is 244 g/mol. The smallest absolute Gasteiger partial charge is 0.0674 e. The van der Waals surface area contributed by atoms with Gasteiger partial charge in [0.1, 0.15) is 0 Å². The molecule has 0 radical (unpaired) electrons. The van der Waals surface area contributed by atoms with Crippen LogP contribution in [0.3, 0.4) is 0 Å². The van der Waals surface area contributed by atoms with Gasteiger partial charge in [0, 0.05) is 19.3 Å². The van der Waals surface area contributed by atoms with Crippen molar-refractivity contribution in [1.82, 2.24) is 0 Å². The molecule has 0 heterocycles. The van der Waals surface area contributed by atoms with E-state index in [9.17, 15) is 0 Å². The number of nitriles is 1. The third-order valence-electron chi connectivity index (χ3n) is 3.58. The summed E-state index contributed by atoms with van der Waals surface area (Å²) in [5, 5.41) is 9.04. The lowest BCUT2D eigenvalue weighted by atomic mass is 10.0. The lowest BCUT2D eigenvalue weighted by molar-refractivity contribution is 0.631. The maximum Gasteiger partial charge on any atom is 0.0674 e. The summed E-state index contributed by atoms with van der Waals surface area (Å²) in [5.74, 6) is 0.0915. The van der Waals surface area contributed by atoms with Crippen LogP contribution in [-0.2, 0) is 0 Å². The number of hydrogen-bond acceptors (Lipinski definition) is 2.